The number of carboxylic acids is 1. The van der Waals surface area contributed by atoms with Crippen LogP contribution >= 0.6 is 0 Å². The number of rotatable bonds is 52. The number of likely N-dealkylation sites (N-methyl/N-ethyl adjacent to an activating group) is 1. The second kappa shape index (κ2) is 50.6. The van der Waals surface area contributed by atoms with E-state index in [9.17, 15) is 19.5 Å². The molecule has 0 aliphatic carbocycles. The number of ether oxygens (including phenoxy) is 4. The Kier molecular flexibility index (Phi) is 48.6. The third kappa shape index (κ3) is 51.1. The van der Waals surface area contributed by atoms with Gasteiger partial charge in [0.05, 0.1) is 34.4 Å². The molecule has 0 amide bonds. The van der Waals surface area contributed by atoms with Crippen LogP contribution in [0.5, 0.6) is 0 Å². The number of quaternary nitrogens is 1. The van der Waals surface area contributed by atoms with Crippen LogP contribution in [0.3, 0.4) is 0 Å². The van der Waals surface area contributed by atoms with E-state index in [0.717, 1.165) is 64.2 Å². The molecule has 2 atom stereocenters. The Bertz CT molecular complexity index is 1250. The highest BCUT2D eigenvalue weighted by atomic mass is 16.7. The lowest BCUT2D eigenvalue weighted by Crippen LogP contribution is -2.40. The van der Waals surface area contributed by atoms with E-state index in [0.29, 0.717) is 17.4 Å². The van der Waals surface area contributed by atoms with E-state index in [2.05, 4.69) is 62.5 Å². The lowest BCUT2D eigenvalue weighted by molar-refractivity contribution is -0.870. The fourth-order valence-corrected chi connectivity index (χ4v) is 8.01. The van der Waals surface area contributed by atoms with Crippen molar-refractivity contribution in [3.63, 3.8) is 0 Å². The SMILES string of the molecule is CC/C=C\C/C=C\C/C=C\C/C=C\CCCCCCCCCCCCCCC(=O)OC(COC(=O)CCCCCCCCCCCCCCCCCCCC)COC(OCC[N+](C)(C)C)C(=O)O. The van der Waals surface area contributed by atoms with Crippen LogP contribution in [-0.2, 0) is 33.3 Å². The van der Waals surface area contributed by atoms with Gasteiger partial charge in [-0.05, 0) is 51.4 Å². The van der Waals surface area contributed by atoms with Crippen molar-refractivity contribution in [3.05, 3.63) is 48.6 Å². The highest BCUT2D eigenvalue weighted by molar-refractivity contribution is 5.71. The summed E-state index contributed by atoms with van der Waals surface area (Å²) in [6, 6.07) is 0. The molecule has 68 heavy (non-hydrogen) atoms. The van der Waals surface area contributed by atoms with Gasteiger partial charge in [0.15, 0.2) is 6.10 Å². The van der Waals surface area contributed by atoms with E-state index in [-0.39, 0.29) is 32.2 Å². The molecule has 1 N–H and O–H groups in total. The van der Waals surface area contributed by atoms with E-state index >= 15 is 0 Å². The molecule has 0 aliphatic heterocycles. The average molecular weight is 960 g/mol. The normalized spacial score (nSPS) is 13.1. The van der Waals surface area contributed by atoms with E-state index in [1.54, 1.807) is 0 Å². The molecule has 0 saturated carbocycles. The average Bonchev–Trinajstić information content (AvgIpc) is 3.30. The van der Waals surface area contributed by atoms with Gasteiger partial charge in [-0.2, -0.15) is 0 Å². The maximum Gasteiger partial charge on any atom is 0.361 e. The Labute approximate surface area is 419 Å². The van der Waals surface area contributed by atoms with Gasteiger partial charge >= 0.3 is 17.9 Å². The van der Waals surface area contributed by atoms with Gasteiger partial charge in [0.2, 0.25) is 0 Å². The molecule has 9 nitrogen and oxygen atoms in total. The minimum Gasteiger partial charge on any atom is -0.477 e. The van der Waals surface area contributed by atoms with Crippen LogP contribution in [0.25, 0.3) is 0 Å². The van der Waals surface area contributed by atoms with Crippen molar-refractivity contribution in [1.29, 1.82) is 0 Å². The Morgan fingerprint density at radius 2 is 0.838 bits per heavy atom. The first kappa shape index (κ1) is 65.2. The summed E-state index contributed by atoms with van der Waals surface area (Å²) in [6.07, 6.45) is 58.9. The molecule has 0 rings (SSSR count). The fraction of sp³-hybridized carbons (Fsp3) is 0.814. The third-order valence-electron chi connectivity index (χ3n) is 12.3. The third-order valence-corrected chi connectivity index (χ3v) is 12.3. The number of allylic oxidation sites excluding steroid dienone is 8. The second-order valence-electron chi connectivity index (χ2n) is 20.2. The minimum absolute atomic E-state index is 0.180. The Balaban J connectivity index is 4.24. The summed E-state index contributed by atoms with van der Waals surface area (Å²) in [5, 5.41) is 9.69. The highest BCUT2D eigenvalue weighted by Crippen LogP contribution is 2.17. The highest BCUT2D eigenvalue weighted by Gasteiger charge is 2.25. The van der Waals surface area contributed by atoms with Crippen molar-refractivity contribution in [2.45, 2.75) is 264 Å². The Hall–Kier alpha value is -2.75. The Morgan fingerprint density at radius 3 is 1.25 bits per heavy atom. The molecule has 0 aromatic heterocycles. The number of unbranched alkanes of at least 4 members (excludes halogenated alkanes) is 29. The monoisotopic (exact) mass is 959 g/mol. The zero-order chi connectivity index (χ0) is 49.9. The van der Waals surface area contributed by atoms with Crippen molar-refractivity contribution >= 4 is 17.9 Å². The number of hydrogen-bond donors (Lipinski definition) is 1. The van der Waals surface area contributed by atoms with Crippen LogP contribution in [0.2, 0.25) is 0 Å². The standard InChI is InChI=1S/C59H107NO8/c1-6-8-10-12-14-16-18-20-22-24-26-27-28-29-30-31-32-34-36-38-40-42-44-46-48-50-57(62)68-55(54-67-59(58(63)64)65-52-51-60(3,4)5)53-66-56(61)49-47-45-43-41-39-37-35-33-25-23-21-19-17-15-13-11-9-7-2/h8,10,14,16,20,22,26-27,55,59H,6-7,9,11-13,15,17-19,21,23-25,28-54H2,1-5H3/p+1/b10-8-,16-14-,22-20-,27-26-. The largest absolute Gasteiger partial charge is 0.477 e. The molecular weight excluding hydrogens is 851 g/mol. The summed E-state index contributed by atoms with van der Waals surface area (Å²) < 4.78 is 22.9. The smallest absolute Gasteiger partial charge is 0.361 e. The Morgan fingerprint density at radius 1 is 0.456 bits per heavy atom. The van der Waals surface area contributed by atoms with Gasteiger partial charge < -0.3 is 28.5 Å². The van der Waals surface area contributed by atoms with E-state index < -0.39 is 24.3 Å². The van der Waals surface area contributed by atoms with Crippen molar-refractivity contribution in [3.8, 4) is 0 Å². The lowest BCUT2D eigenvalue weighted by atomic mass is 10.0. The topological polar surface area (TPSA) is 108 Å². The molecule has 0 fully saturated rings. The number of nitrogens with zero attached hydrogens (tertiary/aromatic N) is 1. The molecule has 9 heteroatoms. The summed E-state index contributed by atoms with van der Waals surface area (Å²) >= 11 is 0. The maximum atomic E-state index is 12.9. The van der Waals surface area contributed by atoms with Crippen LogP contribution < -0.4 is 0 Å². The predicted molar refractivity (Wildman–Crippen MR) is 286 cm³/mol. The summed E-state index contributed by atoms with van der Waals surface area (Å²) in [5.41, 5.74) is 0. The molecule has 0 spiro atoms. The summed E-state index contributed by atoms with van der Waals surface area (Å²) in [7, 11) is 5.97. The predicted octanol–water partition coefficient (Wildman–Crippen LogP) is 16.3. The molecule has 0 aromatic rings. The quantitative estimate of drug-likeness (QED) is 0.0211. The molecule has 0 aliphatic rings. The molecule has 0 aromatic carbocycles. The first-order valence-electron chi connectivity index (χ1n) is 28.3. The van der Waals surface area contributed by atoms with Crippen molar-refractivity contribution in [2.75, 3.05) is 47.5 Å². The molecule has 0 saturated heterocycles. The van der Waals surface area contributed by atoms with Crippen LogP contribution in [0.4, 0.5) is 0 Å². The van der Waals surface area contributed by atoms with Gasteiger partial charge in [-0.3, -0.25) is 9.59 Å². The number of aliphatic carboxylic acids is 1. The second-order valence-corrected chi connectivity index (χ2v) is 20.2. The molecule has 2 unspecified atom stereocenters. The van der Waals surface area contributed by atoms with Crippen LogP contribution in [0.1, 0.15) is 251 Å². The zero-order valence-corrected chi connectivity index (χ0v) is 45.0. The molecule has 396 valence electrons. The van der Waals surface area contributed by atoms with E-state index in [1.165, 1.54) is 161 Å². The van der Waals surface area contributed by atoms with Crippen LogP contribution in [0, 0.1) is 0 Å². The minimum atomic E-state index is -1.51. The van der Waals surface area contributed by atoms with Gasteiger partial charge in [-0.25, -0.2) is 4.79 Å². The van der Waals surface area contributed by atoms with Crippen molar-refractivity contribution in [2.24, 2.45) is 0 Å². The summed E-state index contributed by atoms with van der Waals surface area (Å²) in [4.78, 5) is 37.4. The van der Waals surface area contributed by atoms with Crippen molar-refractivity contribution < 1.29 is 42.9 Å². The van der Waals surface area contributed by atoms with Gasteiger partial charge in [0.25, 0.3) is 6.29 Å². The van der Waals surface area contributed by atoms with Crippen molar-refractivity contribution in [1.82, 2.24) is 0 Å². The molecule has 0 bridgehead atoms. The number of carbonyl (C=O) groups excluding carboxylic acids is 2. The van der Waals surface area contributed by atoms with Crippen LogP contribution in [-0.4, -0.2) is 87.4 Å². The number of esters is 2. The fourth-order valence-electron chi connectivity index (χ4n) is 8.01. The van der Waals surface area contributed by atoms with Gasteiger partial charge in [0, 0.05) is 12.8 Å². The number of carbonyl (C=O) groups is 3. The lowest BCUT2D eigenvalue weighted by Gasteiger charge is -2.25. The first-order valence-corrected chi connectivity index (χ1v) is 28.3. The van der Waals surface area contributed by atoms with Gasteiger partial charge in [-0.15, -0.1) is 0 Å². The molecular formula is C59H108NO8+. The first-order chi connectivity index (χ1) is 33.1. The van der Waals surface area contributed by atoms with E-state index in [4.69, 9.17) is 18.9 Å². The van der Waals surface area contributed by atoms with E-state index in [1.807, 2.05) is 21.1 Å². The van der Waals surface area contributed by atoms with Gasteiger partial charge in [0.1, 0.15) is 13.2 Å². The van der Waals surface area contributed by atoms with Crippen LogP contribution in [0.15, 0.2) is 48.6 Å². The maximum absolute atomic E-state index is 12.9. The summed E-state index contributed by atoms with van der Waals surface area (Å²) in [5.74, 6) is -1.99. The molecule has 0 radical (unpaired) electrons. The summed E-state index contributed by atoms with van der Waals surface area (Å²) in [6.45, 7) is 4.80. The number of hydrogen-bond acceptors (Lipinski definition) is 7. The van der Waals surface area contributed by atoms with Gasteiger partial charge in [-0.1, -0.05) is 236 Å². The zero-order valence-electron chi connectivity index (χ0n) is 45.0. The molecule has 0 heterocycles. The number of carboxylic acid groups (broad SMARTS) is 1.